The van der Waals surface area contributed by atoms with Gasteiger partial charge in [0.25, 0.3) is 0 Å². The summed E-state index contributed by atoms with van der Waals surface area (Å²) in [5, 5.41) is 11.7. The monoisotopic (exact) mass is 185 g/mol. The van der Waals surface area contributed by atoms with E-state index in [4.69, 9.17) is 5.26 Å². The van der Waals surface area contributed by atoms with Crippen LogP contribution in [0.4, 0.5) is 0 Å². The second kappa shape index (κ2) is 3.42. The number of nitriles is 1. The number of hydrogen-bond acceptors (Lipinski definition) is 2. The molecule has 1 aromatic heterocycles. The molecule has 0 aliphatic carbocycles. The van der Waals surface area contributed by atoms with Crippen LogP contribution in [-0.4, -0.2) is 0 Å². The van der Waals surface area contributed by atoms with Gasteiger partial charge in [-0.25, -0.2) is 0 Å². The average molecular weight is 185 g/mol. The Balaban J connectivity index is 2.59. The van der Waals surface area contributed by atoms with Gasteiger partial charge in [-0.3, -0.25) is 0 Å². The fourth-order valence-electron chi connectivity index (χ4n) is 1.25. The standard InChI is InChI=1S/C11H7NS/c12-7-3-4-9-8-13-11-6-2-1-5-10(9)11/h1-6,8H/b4-3+. The van der Waals surface area contributed by atoms with E-state index in [1.165, 1.54) is 16.2 Å². The van der Waals surface area contributed by atoms with E-state index in [1.807, 2.05) is 24.3 Å². The van der Waals surface area contributed by atoms with Gasteiger partial charge in [0.1, 0.15) is 0 Å². The van der Waals surface area contributed by atoms with Crippen LogP contribution in [0.3, 0.4) is 0 Å². The SMILES string of the molecule is N#C/C=C/c1csc2ccccc12. The highest BCUT2D eigenvalue weighted by atomic mass is 32.1. The molecule has 1 nitrogen and oxygen atoms in total. The Kier molecular flexibility index (Phi) is 2.11. The van der Waals surface area contributed by atoms with E-state index in [0.717, 1.165) is 5.56 Å². The fraction of sp³-hybridized carbons (Fsp3) is 0. The minimum Gasteiger partial charge on any atom is -0.193 e. The molecule has 2 aromatic rings. The third-order valence-electron chi connectivity index (χ3n) is 1.85. The van der Waals surface area contributed by atoms with E-state index in [-0.39, 0.29) is 0 Å². The first-order chi connectivity index (χ1) is 6.42. The van der Waals surface area contributed by atoms with Crippen molar-refractivity contribution in [1.82, 2.24) is 0 Å². The van der Waals surface area contributed by atoms with Crippen LogP contribution in [0.15, 0.2) is 35.7 Å². The van der Waals surface area contributed by atoms with Crippen LogP contribution in [0, 0.1) is 11.3 Å². The van der Waals surface area contributed by atoms with Crippen molar-refractivity contribution in [2.24, 2.45) is 0 Å². The summed E-state index contributed by atoms with van der Waals surface area (Å²) in [5.74, 6) is 0. The van der Waals surface area contributed by atoms with Crippen LogP contribution in [0.5, 0.6) is 0 Å². The lowest BCUT2D eigenvalue weighted by atomic mass is 10.2. The molecule has 0 atom stereocenters. The molecule has 0 N–H and O–H groups in total. The molecule has 0 aliphatic heterocycles. The van der Waals surface area contributed by atoms with E-state index in [9.17, 15) is 0 Å². The zero-order valence-corrected chi connectivity index (χ0v) is 7.71. The summed E-state index contributed by atoms with van der Waals surface area (Å²) in [7, 11) is 0. The summed E-state index contributed by atoms with van der Waals surface area (Å²) in [6.07, 6.45) is 3.35. The zero-order valence-electron chi connectivity index (χ0n) is 6.90. The molecule has 1 aromatic carbocycles. The smallest absolute Gasteiger partial charge is 0.0912 e. The van der Waals surface area contributed by atoms with Gasteiger partial charge in [-0.15, -0.1) is 11.3 Å². The van der Waals surface area contributed by atoms with Crippen LogP contribution in [0.25, 0.3) is 16.2 Å². The molecule has 13 heavy (non-hydrogen) atoms. The Labute approximate surface area is 80.6 Å². The Bertz CT molecular complexity index is 488. The fourth-order valence-corrected chi connectivity index (χ4v) is 2.18. The predicted octanol–water partition coefficient (Wildman–Crippen LogP) is 3.44. The maximum Gasteiger partial charge on any atom is 0.0912 e. The minimum absolute atomic E-state index is 1.13. The van der Waals surface area contributed by atoms with Gasteiger partial charge in [0.15, 0.2) is 0 Å². The van der Waals surface area contributed by atoms with Gasteiger partial charge in [0, 0.05) is 10.8 Å². The molecule has 1 heterocycles. The Morgan fingerprint density at radius 1 is 1.31 bits per heavy atom. The zero-order chi connectivity index (χ0) is 9.10. The van der Waals surface area contributed by atoms with Gasteiger partial charge in [-0.1, -0.05) is 18.2 Å². The van der Waals surface area contributed by atoms with Crippen molar-refractivity contribution in [2.45, 2.75) is 0 Å². The lowest BCUT2D eigenvalue weighted by Crippen LogP contribution is -1.66. The van der Waals surface area contributed by atoms with Crippen LogP contribution in [0.2, 0.25) is 0 Å². The van der Waals surface area contributed by atoms with E-state index >= 15 is 0 Å². The van der Waals surface area contributed by atoms with Crippen molar-refractivity contribution in [3.8, 4) is 6.07 Å². The third kappa shape index (κ3) is 1.47. The van der Waals surface area contributed by atoms with Gasteiger partial charge in [0.2, 0.25) is 0 Å². The number of allylic oxidation sites excluding steroid dienone is 1. The molecule has 0 fully saturated rings. The average Bonchev–Trinajstić information content (AvgIpc) is 2.58. The predicted molar refractivity (Wildman–Crippen MR) is 56.5 cm³/mol. The van der Waals surface area contributed by atoms with Gasteiger partial charge in [-0.05, 0) is 28.5 Å². The summed E-state index contributed by atoms with van der Waals surface area (Å²) in [5.41, 5.74) is 1.13. The van der Waals surface area contributed by atoms with Gasteiger partial charge in [-0.2, -0.15) is 5.26 Å². The van der Waals surface area contributed by atoms with E-state index in [0.29, 0.717) is 0 Å². The number of nitrogens with zero attached hydrogens (tertiary/aromatic N) is 1. The highest BCUT2D eigenvalue weighted by Crippen LogP contribution is 2.26. The topological polar surface area (TPSA) is 23.8 Å². The quantitative estimate of drug-likeness (QED) is 0.624. The maximum absolute atomic E-state index is 8.40. The van der Waals surface area contributed by atoms with E-state index in [1.54, 1.807) is 11.3 Å². The minimum atomic E-state index is 1.13. The summed E-state index contributed by atoms with van der Waals surface area (Å²) >= 11 is 1.70. The Hall–Kier alpha value is -1.59. The number of hydrogen-bond donors (Lipinski definition) is 0. The molecule has 0 saturated carbocycles. The molecular weight excluding hydrogens is 178 g/mol. The summed E-state index contributed by atoms with van der Waals surface area (Å²) in [6, 6.07) is 10.2. The molecule has 0 aliphatic rings. The molecule has 0 bridgehead atoms. The van der Waals surface area contributed by atoms with Gasteiger partial charge in [0.05, 0.1) is 6.07 Å². The lowest BCUT2D eigenvalue weighted by Gasteiger charge is -1.88. The van der Waals surface area contributed by atoms with Crippen molar-refractivity contribution in [3.63, 3.8) is 0 Å². The van der Waals surface area contributed by atoms with Crippen LogP contribution >= 0.6 is 11.3 Å². The second-order valence-corrected chi connectivity index (χ2v) is 3.56. The molecule has 0 amide bonds. The first-order valence-corrected chi connectivity index (χ1v) is 4.82. The first-order valence-electron chi connectivity index (χ1n) is 3.94. The number of thiophene rings is 1. The highest BCUT2D eigenvalue weighted by molar-refractivity contribution is 7.17. The van der Waals surface area contributed by atoms with Crippen molar-refractivity contribution in [1.29, 1.82) is 5.26 Å². The molecule has 0 saturated heterocycles. The maximum atomic E-state index is 8.40. The molecule has 0 unspecified atom stereocenters. The normalized spacial score (nSPS) is 10.7. The number of fused-ring (bicyclic) bond motifs is 1. The summed E-state index contributed by atoms with van der Waals surface area (Å²) in [4.78, 5) is 0. The van der Waals surface area contributed by atoms with Crippen molar-refractivity contribution >= 4 is 27.5 Å². The highest BCUT2D eigenvalue weighted by Gasteiger charge is 1.98. The molecule has 0 radical (unpaired) electrons. The number of rotatable bonds is 1. The van der Waals surface area contributed by atoms with Gasteiger partial charge < -0.3 is 0 Å². The van der Waals surface area contributed by atoms with Crippen LogP contribution in [-0.2, 0) is 0 Å². The second-order valence-electron chi connectivity index (χ2n) is 2.65. The lowest BCUT2D eigenvalue weighted by molar-refractivity contribution is 1.54. The molecule has 62 valence electrons. The van der Waals surface area contributed by atoms with E-state index < -0.39 is 0 Å². The van der Waals surface area contributed by atoms with Crippen molar-refractivity contribution in [3.05, 3.63) is 41.3 Å². The molecule has 2 rings (SSSR count). The molecule has 2 heteroatoms. The van der Waals surface area contributed by atoms with Crippen molar-refractivity contribution in [2.75, 3.05) is 0 Å². The van der Waals surface area contributed by atoms with Crippen molar-refractivity contribution < 1.29 is 0 Å². The van der Waals surface area contributed by atoms with E-state index in [2.05, 4.69) is 17.5 Å². The Morgan fingerprint density at radius 3 is 3.00 bits per heavy atom. The van der Waals surface area contributed by atoms with Crippen LogP contribution < -0.4 is 0 Å². The largest absolute Gasteiger partial charge is 0.193 e. The first kappa shape index (κ1) is 8.03. The number of benzene rings is 1. The third-order valence-corrected chi connectivity index (χ3v) is 2.83. The molecular formula is C11H7NS. The Morgan fingerprint density at radius 2 is 2.15 bits per heavy atom. The summed E-state index contributed by atoms with van der Waals surface area (Å²) in [6.45, 7) is 0. The van der Waals surface area contributed by atoms with Crippen LogP contribution in [0.1, 0.15) is 5.56 Å². The molecule has 0 spiro atoms. The van der Waals surface area contributed by atoms with Gasteiger partial charge >= 0.3 is 0 Å². The summed E-state index contributed by atoms with van der Waals surface area (Å²) < 4.78 is 1.26.